The number of nitrogens with zero attached hydrogens (tertiary/aromatic N) is 1. The Morgan fingerprint density at radius 1 is 1.14 bits per heavy atom. The van der Waals surface area contributed by atoms with Crippen LogP contribution in [0.2, 0.25) is 0 Å². The summed E-state index contributed by atoms with van der Waals surface area (Å²) in [5.41, 5.74) is 0.219. The number of ether oxygens (including phenoxy) is 1. The van der Waals surface area contributed by atoms with Crippen LogP contribution >= 0.6 is 0 Å². The van der Waals surface area contributed by atoms with Crippen molar-refractivity contribution in [1.82, 2.24) is 4.90 Å². The maximum absolute atomic E-state index is 13.1. The zero-order chi connectivity index (χ0) is 15.9. The van der Waals surface area contributed by atoms with Crippen LogP contribution in [0.3, 0.4) is 0 Å². The summed E-state index contributed by atoms with van der Waals surface area (Å²) in [6, 6.07) is 7.60. The molecule has 1 rings (SSSR count). The number of hydrogen-bond donors (Lipinski definition) is 0. The van der Waals surface area contributed by atoms with Crippen molar-refractivity contribution in [3.8, 4) is 5.75 Å². The molecule has 1 aromatic carbocycles. The van der Waals surface area contributed by atoms with Gasteiger partial charge in [0.25, 0.3) is 0 Å². The van der Waals surface area contributed by atoms with Gasteiger partial charge in [0.2, 0.25) is 0 Å². The van der Waals surface area contributed by atoms with Gasteiger partial charge >= 0.3 is 0 Å². The fourth-order valence-electron chi connectivity index (χ4n) is 2.73. The number of benzene rings is 1. The third-order valence-corrected chi connectivity index (χ3v) is 4.23. The highest BCUT2D eigenvalue weighted by atomic mass is 16.5. The summed E-state index contributed by atoms with van der Waals surface area (Å²) in [6.45, 7) is 12.8. The van der Waals surface area contributed by atoms with Crippen LogP contribution in [-0.2, 0) is 0 Å². The number of rotatable bonds is 9. The Hall–Kier alpha value is -1.35. The van der Waals surface area contributed by atoms with E-state index >= 15 is 0 Å². The van der Waals surface area contributed by atoms with Gasteiger partial charge in [0.1, 0.15) is 5.75 Å². The van der Waals surface area contributed by atoms with E-state index in [4.69, 9.17) is 4.74 Å². The van der Waals surface area contributed by atoms with Gasteiger partial charge in [-0.1, -0.05) is 39.8 Å². The van der Waals surface area contributed by atoms with Gasteiger partial charge < -0.3 is 4.74 Å². The first-order chi connectivity index (χ1) is 10.0. The number of carbonyl (C=O) groups excluding carboxylic acids is 1. The van der Waals surface area contributed by atoms with Crippen LogP contribution < -0.4 is 4.74 Å². The van der Waals surface area contributed by atoms with E-state index in [0.717, 1.165) is 25.9 Å². The van der Waals surface area contributed by atoms with Crippen molar-refractivity contribution < 1.29 is 9.53 Å². The van der Waals surface area contributed by atoms with Gasteiger partial charge in [0, 0.05) is 0 Å². The molecule has 0 spiro atoms. The lowest BCUT2D eigenvalue weighted by Gasteiger charge is -2.38. The van der Waals surface area contributed by atoms with E-state index in [-0.39, 0.29) is 5.78 Å². The van der Waals surface area contributed by atoms with Gasteiger partial charge in [-0.3, -0.25) is 9.69 Å². The zero-order valence-corrected chi connectivity index (χ0v) is 14.1. The molecular weight excluding hydrogens is 262 g/mol. The molecule has 0 heterocycles. The quantitative estimate of drug-likeness (QED) is 0.640. The van der Waals surface area contributed by atoms with Crippen molar-refractivity contribution >= 4 is 5.78 Å². The lowest BCUT2D eigenvalue weighted by atomic mass is 9.86. The van der Waals surface area contributed by atoms with Crippen molar-refractivity contribution in [2.75, 3.05) is 19.7 Å². The summed E-state index contributed by atoms with van der Waals surface area (Å²) < 4.78 is 5.75. The van der Waals surface area contributed by atoms with Gasteiger partial charge in [-0.15, -0.1) is 0 Å². The fourth-order valence-corrected chi connectivity index (χ4v) is 2.73. The SMILES string of the molecule is CCCOc1ccccc1C(=O)C(C)(CC)N(CC)CC. The van der Waals surface area contributed by atoms with Crippen LogP contribution in [0.15, 0.2) is 24.3 Å². The molecule has 0 saturated heterocycles. The molecule has 0 aliphatic rings. The standard InChI is InChI=1S/C18H29NO2/c1-6-14-21-16-13-11-10-12-15(16)17(20)18(5,7-2)19(8-3)9-4/h10-13H,6-9,14H2,1-5H3. The van der Waals surface area contributed by atoms with Crippen LogP contribution in [0, 0.1) is 0 Å². The second-order valence-electron chi connectivity index (χ2n) is 5.47. The minimum atomic E-state index is -0.477. The smallest absolute Gasteiger partial charge is 0.186 e. The molecule has 1 aromatic rings. The average molecular weight is 291 g/mol. The molecule has 1 unspecified atom stereocenters. The van der Waals surface area contributed by atoms with E-state index in [1.165, 1.54) is 0 Å². The number of Topliss-reactive ketones (excluding diaryl/α,β-unsaturated/α-hetero) is 1. The van der Waals surface area contributed by atoms with E-state index in [2.05, 4.69) is 32.6 Å². The van der Waals surface area contributed by atoms with E-state index in [0.29, 0.717) is 17.9 Å². The van der Waals surface area contributed by atoms with Gasteiger partial charge in [-0.05, 0) is 45.0 Å². The molecule has 0 aliphatic carbocycles. The summed E-state index contributed by atoms with van der Waals surface area (Å²) >= 11 is 0. The molecule has 3 nitrogen and oxygen atoms in total. The van der Waals surface area contributed by atoms with Crippen molar-refractivity contribution in [3.05, 3.63) is 29.8 Å². The molecule has 0 amide bonds. The van der Waals surface area contributed by atoms with Crippen LogP contribution in [0.25, 0.3) is 0 Å². The van der Waals surface area contributed by atoms with E-state index in [1.807, 2.05) is 31.2 Å². The van der Waals surface area contributed by atoms with Gasteiger partial charge in [0.15, 0.2) is 5.78 Å². The number of ketones is 1. The summed E-state index contributed by atoms with van der Waals surface area (Å²) in [7, 11) is 0. The van der Waals surface area contributed by atoms with Crippen molar-refractivity contribution in [3.63, 3.8) is 0 Å². The second kappa shape index (κ2) is 8.18. The van der Waals surface area contributed by atoms with Crippen molar-refractivity contribution in [1.29, 1.82) is 0 Å². The number of carbonyl (C=O) groups is 1. The highest BCUT2D eigenvalue weighted by molar-refractivity contribution is 6.05. The molecule has 0 aliphatic heterocycles. The van der Waals surface area contributed by atoms with Crippen molar-refractivity contribution in [2.24, 2.45) is 0 Å². The van der Waals surface area contributed by atoms with Crippen LogP contribution in [0.1, 0.15) is 57.8 Å². The van der Waals surface area contributed by atoms with E-state index in [9.17, 15) is 4.79 Å². The maximum atomic E-state index is 13.1. The minimum Gasteiger partial charge on any atom is -0.493 e. The predicted molar refractivity (Wildman–Crippen MR) is 88.2 cm³/mol. The molecule has 0 aromatic heterocycles. The predicted octanol–water partition coefficient (Wildman–Crippen LogP) is 4.17. The number of para-hydroxylation sites is 1. The minimum absolute atomic E-state index is 0.153. The normalized spacial score (nSPS) is 14.0. The Kier molecular flexibility index (Phi) is 6.90. The van der Waals surface area contributed by atoms with Gasteiger partial charge in [0.05, 0.1) is 17.7 Å². The summed E-state index contributed by atoms with van der Waals surface area (Å²) in [6.07, 6.45) is 1.72. The van der Waals surface area contributed by atoms with Crippen LogP contribution in [-0.4, -0.2) is 35.9 Å². The molecule has 0 fully saturated rings. The Bertz CT molecular complexity index is 454. The first-order valence-electron chi connectivity index (χ1n) is 8.06. The highest BCUT2D eigenvalue weighted by Crippen LogP contribution is 2.29. The monoisotopic (exact) mass is 291 g/mol. The Morgan fingerprint density at radius 2 is 1.76 bits per heavy atom. The molecule has 0 saturated carbocycles. The Balaban J connectivity index is 3.16. The summed E-state index contributed by atoms with van der Waals surface area (Å²) in [5, 5.41) is 0. The Morgan fingerprint density at radius 3 is 2.29 bits per heavy atom. The zero-order valence-electron chi connectivity index (χ0n) is 14.1. The largest absolute Gasteiger partial charge is 0.493 e. The topological polar surface area (TPSA) is 29.5 Å². The summed E-state index contributed by atoms with van der Waals surface area (Å²) in [5.74, 6) is 0.858. The van der Waals surface area contributed by atoms with Crippen molar-refractivity contribution in [2.45, 2.75) is 53.0 Å². The van der Waals surface area contributed by atoms with E-state index < -0.39 is 5.54 Å². The lowest BCUT2D eigenvalue weighted by molar-refractivity contribution is 0.0604. The van der Waals surface area contributed by atoms with Gasteiger partial charge in [-0.25, -0.2) is 0 Å². The molecule has 118 valence electrons. The highest BCUT2D eigenvalue weighted by Gasteiger charge is 2.37. The molecular formula is C18H29NO2. The van der Waals surface area contributed by atoms with Gasteiger partial charge in [-0.2, -0.15) is 0 Å². The third-order valence-electron chi connectivity index (χ3n) is 4.23. The first-order valence-corrected chi connectivity index (χ1v) is 8.06. The first kappa shape index (κ1) is 17.7. The van der Waals surface area contributed by atoms with E-state index in [1.54, 1.807) is 0 Å². The lowest BCUT2D eigenvalue weighted by Crippen LogP contribution is -2.52. The van der Waals surface area contributed by atoms with Crippen LogP contribution in [0.5, 0.6) is 5.75 Å². The maximum Gasteiger partial charge on any atom is 0.186 e. The summed E-state index contributed by atoms with van der Waals surface area (Å²) in [4.78, 5) is 15.3. The fraction of sp³-hybridized carbons (Fsp3) is 0.611. The second-order valence-corrected chi connectivity index (χ2v) is 5.47. The number of likely N-dealkylation sites (N-methyl/N-ethyl adjacent to an activating group) is 1. The molecule has 0 bridgehead atoms. The molecule has 1 atom stereocenters. The Labute approximate surface area is 129 Å². The number of hydrogen-bond acceptors (Lipinski definition) is 3. The third kappa shape index (κ3) is 3.85. The average Bonchev–Trinajstić information content (AvgIpc) is 2.53. The van der Waals surface area contributed by atoms with Crippen LogP contribution in [0.4, 0.5) is 0 Å². The molecule has 3 heteroatoms. The molecule has 0 N–H and O–H groups in total. The molecule has 0 radical (unpaired) electrons. The molecule has 21 heavy (non-hydrogen) atoms.